The Balaban J connectivity index is 2.32. The third-order valence-corrected chi connectivity index (χ3v) is 2.86. The first-order chi connectivity index (χ1) is 6.27. The predicted octanol–water partition coefficient (Wildman–Crippen LogP) is 2.50. The quantitative estimate of drug-likeness (QED) is 0.733. The molecule has 0 aromatic carbocycles. The van der Waals surface area contributed by atoms with Crippen molar-refractivity contribution in [3.63, 3.8) is 0 Å². The summed E-state index contributed by atoms with van der Waals surface area (Å²) in [4.78, 5) is 0. The van der Waals surface area contributed by atoms with Crippen LogP contribution in [0.25, 0.3) is 0 Å². The van der Waals surface area contributed by atoms with Gasteiger partial charge in [0, 0.05) is 6.61 Å². The van der Waals surface area contributed by atoms with Gasteiger partial charge in [0.2, 0.25) is 0 Å². The first-order valence-corrected chi connectivity index (χ1v) is 5.57. The Hall–Kier alpha value is -0.0800. The smallest absolute Gasteiger partial charge is 0.0880 e. The summed E-state index contributed by atoms with van der Waals surface area (Å²) in [6, 6.07) is 0. The van der Waals surface area contributed by atoms with Gasteiger partial charge in [0.25, 0.3) is 0 Å². The van der Waals surface area contributed by atoms with Crippen molar-refractivity contribution in [1.29, 1.82) is 0 Å². The van der Waals surface area contributed by atoms with E-state index >= 15 is 0 Å². The van der Waals surface area contributed by atoms with Gasteiger partial charge in [-0.1, -0.05) is 32.1 Å². The van der Waals surface area contributed by atoms with Crippen LogP contribution in [0.2, 0.25) is 0 Å². The van der Waals surface area contributed by atoms with Crippen molar-refractivity contribution in [2.24, 2.45) is 0 Å². The molecule has 0 aliphatic heterocycles. The average molecular weight is 186 g/mol. The highest BCUT2D eigenvalue weighted by atomic mass is 16.5. The zero-order chi connectivity index (χ0) is 9.57. The summed E-state index contributed by atoms with van der Waals surface area (Å²) in [5, 5.41) is 10.2. The molecular formula is C11H22O2. The van der Waals surface area contributed by atoms with Gasteiger partial charge in [-0.05, 0) is 19.8 Å². The molecule has 0 radical (unpaired) electrons. The van der Waals surface area contributed by atoms with Crippen LogP contribution < -0.4 is 0 Å². The Labute approximate surface area is 81.3 Å². The fraction of sp³-hybridized carbons (Fsp3) is 1.00. The monoisotopic (exact) mass is 186 g/mol. The lowest BCUT2D eigenvalue weighted by atomic mass is 9.88. The van der Waals surface area contributed by atoms with Crippen LogP contribution >= 0.6 is 0 Å². The number of aliphatic hydroxyl groups is 1. The minimum atomic E-state index is -0.517. The second kappa shape index (κ2) is 5.61. The van der Waals surface area contributed by atoms with Crippen molar-refractivity contribution < 1.29 is 9.84 Å². The largest absolute Gasteiger partial charge is 0.387 e. The molecule has 0 unspecified atom stereocenters. The van der Waals surface area contributed by atoms with E-state index in [1.54, 1.807) is 0 Å². The zero-order valence-corrected chi connectivity index (χ0v) is 8.72. The van der Waals surface area contributed by atoms with Crippen LogP contribution in [0.3, 0.4) is 0 Å². The number of rotatable bonds is 3. The summed E-state index contributed by atoms with van der Waals surface area (Å²) >= 11 is 0. The number of hydrogen-bond acceptors (Lipinski definition) is 2. The van der Waals surface area contributed by atoms with E-state index in [2.05, 4.69) is 0 Å². The van der Waals surface area contributed by atoms with E-state index < -0.39 is 5.60 Å². The van der Waals surface area contributed by atoms with Gasteiger partial charge in [-0.25, -0.2) is 0 Å². The van der Waals surface area contributed by atoms with Crippen LogP contribution in [0.4, 0.5) is 0 Å². The Bertz CT molecular complexity index is 121. The third kappa shape index (κ3) is 4.10. The van der Waals surface area contributed by atoms with Gasteiger partial charge in [-0.2, -0.15) is 0 Å². The fourth-order valence-electron chi connectivity index (χ4n) is 2.00. The summed E-state index contributed by atoms with van der Waals surface area (Å²) in [6.07, 6.45) is 8.04. The minimum Gasteiger partial charge on any atom is -0.387 e. The van der Waals surface area contributed by atoms with Crippen LogP contribution in [0, 0.1) is 0 Å². The van der Waals surface area contributed by atoms with Crippen molar-refractivity contribution in [3.8, 4) is 0 Å². The van der Waals surface area contributed by atoms with E-state index in [1.165, 1.54) is 19.3 Å². The summed E-state index contributed by atoms with van der Waals surface area (Å²) in [6.45, 7) is 3.22. The summed E-state index contributed by atoms with van der Waals surface area (Å²) in [7, 11) is 0. The molecule has 0 saturated heterocycles. The molecule has 13 heavy (non-hydrogen) atoms. The molecule has 0 atom stereocenters. The van der Waals surface area contributed by atoms with Gasteiger partial charge in [0.1, 0.15) is 0 Å². The molecule has 0 heterocycles. The van der Waals surface area contributed by atoms with E-state index in [1.807, 2.05) is 6.92 Å². The SMILES string of the molecule is CCOCC1(O)CCCCCCC1. The second-order valence-electron chi connectivity index (χ2n) is 4.13. The van der Waals surface area contributed by atoms with Crippen LogP contribution in [0.5, 0.6) is 0 Å². The lowest BCUT2D eigenvalue weighted by Gasteiger charge is -2.29. The normalized spacial score (nSPS) is 23.5. The van der Waals surface area contributed by atoms with E-state index in [0.717, 1.165) is 25.7 Å². The molecule has 1 N–H and O–H groups in total. The third-order valence-electron chi connectivity index (χ3n) is 2.86. The molecule has 1 aliphatic rings. The Morgan fingerprint density at radius 3 is 2.15 bits per heavy atom. The van der Waals surface area contributed by atoms with Gasteiger partial charge < -0.3 is 9.84 Å². The van der Waals surface area contributed by atoms with Crippen molar-refractivity contribution in [3.05, 3.63) is 0 Å². The maximum Gasteiger partial charge on any atom is 0.0880 e. The highest BCUT2D eigenvalue weighted by Crippen LogP contribution is 2.26. The molecule has 2 heteroatoms. The summed E-state index contributed by atoms with van der Waals surface area (Å²) < 4.78 is 5.32. The summed E-state index contributed by atoms with van der Waals surface area (Å²) in [5.41, 5.74) is -0.517. The first-order valence-electron chi connectivity index (χ1n) is 5.57. The van der Waals surface area contributed by atoms with E-state index in [9.17, 15) is 5.11 Å². The van der Waals surface area contributed by atoms with Gasteiger partial charge in [-0.15, -0.1) is 0 Å². The van der Waals surface area contributed by atoms with Crippen molar-refractivity contribution in [2.45, 2.75) is 57.5 Å². The maximum absolute atomic E-state index is 10.2. The molecule has 1 aliphatic carbocycles. The predicted molar refractivity (Wildman–Crippen MR) is 53.8 cm³/mol. The molecule has 78 valence electrons. The average Bonchev–Trinajstić information content (AvgIpc) is 2.09. The fourth-order valence-corrected chi connectivity index (χ4v) is 2.00. The molecular weight excluding hydrogens is 164 g/mol. The number of hydrogen-bond donors (Lipinski definition) is 1. The first kappa shape index (κ1) is 11.0. The van der Waals surface area contributed by atoms with Crippen molar-refractivity contribution in [1.82, 2.24) is 0 Å². The molecule has 0 amide bonds. The second-order valence-corrected chi connectivity index (χ2v) is 4.13. The zero-order valence-electron chi connectivity index (χ0n) is 8.72. The molecule has 1 fully saturated rings. The molecule has 0 aromatic rings. The maximum atomic E-state index is 10.2. The van der Waals surface area contributed by atoms with Crippen molar-refractivity contribution >= 4 is 0 Å². The highest BCUT2D eigenvalue weighted by Gasteiger charge is 2.26. The Kier molecular flexibility index (Phi) is 4.74. The molecule has 0 spiro atoms. The van der Waals surface area contributed by atoms with Crippen LogP contribution in [0.1, 0.15) is 51.9 Å². The van der Waals surface area contributed by atoms with E-state index in [4.69, 9.17) is 4.74 Å². The molecule has 2 nitrogen and oxygen atoms in total. The minimum absolute atomic E-state index is 0.517. The lowest BCUT2D eigenvalue weighted by molar-refractivity contribution is -0.0591. The topological polar surface area (TPSA) is 29.5 Å². The molecule has 0 bridgehead atoms. The highest BCUT2D eigenvalue weighted by molar-refractivity contribution is 4.79. The van der Waals surface area contributed by atoms with Gasteiger partial charge >= 0.3 is 0 Å². The van der Waals surface area contributed by atoms with Crippen molar-refractivity contribution in [2.75, 3.05) is 13.2 Å². The lowest BCUT2D eigenvalue weighted by Crippen LogP contribution is -2.35. The molecule has 1 rings (SSSR count). The van der Waals surface area contributed by atoms with Gasteiger partial charge in [-0.3, -0.25) is 0 Å². The molecule has 0 aromatic heterocycles. The number of ether oxygens (including phenoxy) is 1. The standard InChI is InChI=1S/C11H22O2/c1-2-13-10-11(12)8-6-4-3-5-7-9-11/h12H,2-10H2,1H3. The van der Waals surface area contributed by atoms with Gasteiger partial charge in [0.15, 0.2) is 0 Å². The summed E-state index contributed by atoms with van der Waals surface area (Å²) in [5.74, 6) is 0. The Morgan fingerprint density at radius 1 is 1.08 bits per heavy atom. The van der Waals surface area contributed by atoms with Crippen LogP contribution in [-0.4, -0.2) is 23.9 Å². The Morgan fingerprint density at radius 2 is 1.62 bits per heavy atom. The van der Waals surface area contributed by atoms with E-state index in [-0.39, 0.29) is 0 Å². The van der Waals surface area contributed by atoms with Crippen LogP contribution in [0.15, 0.2) is 0 Å². The van der Waals surface area contributed by atoms with Gasteiger partial charge in [0.05, 0.1) is 12.2 Å². The molecule has 1 saturated carbocycles. The van der Waals surface area contributed by atoms with E-state index in [0.29, 0.717) is 13.2 Å². The van der Waals surface area contributed by atoms with Crippen LogP contribution in [-0.2, 0) is 4.74 Å².